The molecule has 5 heteroatoms. The number of carbonyl (C=O) groups excluding carboxylic acids is 1. The van der Waals surface area contributed by atoms with Crippen LogP contribution < -0.4 is 5.01 Å². The Bertz CT molecular complexity index is 1030. The zero-order chi connectivity index (χ0) is 18.1. The molecule has 0 aliphatic carbocycles. The van der Waals surface area contributed by atoms with Crippen LogP contribution >= 0.6 is 15.9 Å². The van der Waals surface area contributed by atoms with Crippen molar-refractivity contribution >= 4 is 39.3 Å². The van der Waals surface area contributed by atoms with Crippen molar-refractivity contribution in [1.82, 2.24) is 0 Å². The van der Waals surface area contributed by atoms with E-state index in [1.54, 1.807) is 6.08 Å². The van der Waals surface area contributed by atoms with Gasteiger partial charge in [0.05, 0.1) is 17.0 Å². The quantitative estimate of drug-likeness (QED) is 0.537. The Morgan fingerprint density at radius 3 is 2.62 bits per heavy atom. The molecule has 2 heterocycles. The molecule has 0 bridgehead atoms. The van der Waals surface area contributed by atoms with Crippen LogP contribution in [-0.2, 0) is 4.79 Å². The predicted molar refractivity (Wildman–Crippen MR) is 107 cm³/mol. The van der Waals surface area contributed by atoms with Crippen LogP contribution in [0.4, 0.5) is 5.69 Å². The van der Waals surface area contributed by atoms with Gasteiger partial charge in [0.1, 0.15) is 11.5 Å². The van der Waals surface area contributed by atoms with Crippen LogP contribution in [0.2, 0.25) is 0 Å². The number of halogens is 1. The summed E-state index contributed by atoms with van der Waals surface area (Å²) < 4.78 is 6.89. The highest BCUT2D eigenvalue weighted by atomic mass is 79.9. The number of amides is 1. The van der Waals surface area contributed by atoms with Crippen molar-refractivity contribution < 1.29 is 9.21 Å². The summed E-state index contributed by atoms with van der Waals surface area (Å²) >= 11 is 3.46. The third-order valence-electron chi connectivity index (χ3n) is 4.09. The first-order chi connectivity index (χ1) is 12.6. The molecule has 1 aliphatic rings. The molecule has 1 aromatic heterocycles. The Hall–Kier alpha value is -2.92. The third kappa shape index (κ3) is 3.13. The van der Waals surface area contributed by atoms with Gasteiger partial charge in [-0.3, -0.25) is 4.79 Å². The fourth-order valence-electron chi connectivity index (χ4n) is 2.80. The van der Waals surface area contributed by atoms with E-state index in [-0.39, 0.29) is 5.91 Å². The van der Waals surface area contributed by atoms with Gasteiger partial charge in [-0.2, -0.15) is 10.1 Å². The van der Waals surface area contributed by atoms with E-state index in [9.17, 15) is 4.79 Å². The molecule has 0 radical (unpaired) electrons. The number of nitrogens with zero attached hydrogens (tertiary/aromatic N) is 2. The average Bonchev–Trinajstić information content (AvgIpc) is 3.23. The molecule has 1 aliphatic heterocycles. The number of furan rings is 1. The monoisotopic (exact) mass is 406 g/mol. The van der Waals surface area contributed by atoms with E-state index in [1.807, 2.05) is 73.7 Å². The van der Waals surface area contributed by atoms with Crippen LogP contribution in [0.15, 0.2) is 86.3 Å². The van der Waals surface area contributed by atoms with E-state index in [1.165, 1.54) is 5.01 Å². The summed E-state index contributed by atoms with van der Waals surface area (Å²) in [6.07, 6.45) is 1.74. The lowest BCUT2D eigenvalue weighted by Crippen LogP contribution is -2.21. The Balaban J connectivity index is 1.63. The molecule has 128 valence electrons. The lowest BCUT2D eigenvalue weighted by atomic mass is 10.1. The minimum atomic E-state index is -0.158. The van der Waals surface area contributed by atoms with Crippen LogP contribution in [0.1, 0.15) is 12.7 Å². The fraction of sp³-hybridized carbons (Fsp3) is 0.0476. The Morgan fingerprint density at radius 1 is 1.04 bits per heavy atom. The molecule has 4 rings (SSSR count). The van der Waals surface area contributed by atoms with Gasteiger partial charge < -0.3 is 4.42 Å². The van der Waals surface area contributed by atoms with Crippen LogP contribution in [0.25, 0.3) is 17.4 Å². The van der Waals surface area contributed by atoms with Crippen molar-refractivity contribution in [3.05, 3.63) is 82.5 Å². The Morgan fingerprint density at radius 2 is 1.85 bits per heavy atom. The van der Waals surface area contributed by atoms with Crippen LogP contribution in [-0.4, -0.2) is 11.6 Å². The molecule has 3 aromatic rings. The van der Waals surface area contributed by atoms with Gasteiger partial charge in [-0.1, -0.05) is 46.3 Å². The zero-order valence-corrected chi connectivity index (χ0v) is 15.6. The number of benzene rings is 2. The van der Waals surface area contributed by atoms with Gasteiger partial charge in [0, 0.05) is 10.0 Å². The first-order valence-corrected chi connectivity index (χ1v) is 8.94. The largest absolute Gasteiger partial charge is 0.457 e. The molecule has 0 fully saturated rings. The van der Waals surface area contributed by atoms with Gasteiger partial charge >= 0.3 is 0 Å². The summed E-state index contributed by atoms with van der Waals surface area (Å²) in [5, 5.41) is 5.79. The predicted octanol–water partition coefficient (Wildman–Crippen LogP) is 5.52. The van der Waals surface area contributed by atoms with E-state index in [0.29, 0.717) is 17.0 Å². The second-order valence-electron chi connectivity index (χ2n) is 5.91. The van der Waals surface area contributed by atoms with Crippen LogP contribution in [0.5, 0.6) is 0 Å². The van der Waals surface area contributed by atoms with E-state index in [4.69, 9.17) is 4.42 Å². The molecule has 2 aromatic carbocycles. The second kappa shape index (κ2) is 6.77. The van der Waals surface area contributed by atoms with Gasteiger partial charge in [0.2, 0.25) is 0 Å². The minimum absolute atomic E-state index is 0.158. The maximum atomic E-state index is 12.7. The van der Waals surface area contributed by atoms with E-state index < -0.39 is 0 Å². The number of hydrogen-bond donors (Lipinski definition) is 0. The maximum absolute atomic E-state index is 12.7. The molecule has 0 spiro atoms. The van der Waals surface area contributed by atoms with Gasteiger partial charge in [-0.15, -0.1) is 0 Å². The maximum Gasteiger partial charge on any atom is 0.280 e. The van der Waals surface area contributed by atoms with Crippen molar-refractivity contribution in [1.29, 1.82) is 0 Å². The number of para-hydroxylation sites is 1. The minimum Gasteiger partial charge on any atom is -0.457 e. The van der Waals surface area contributed by atoms with Gasteiger partial charge in [-0.25, -0.2) is 0 Å². The second-order valence-corrected chi connectivity index (χ2v) is 6.82. The molecule has 0 atom stereocenters. The standard InChI is InChI=1S/C21H15BrN2O2/c1-14-19(21(25)24(23-14)17-8-3-2-4-9-17)13-18-10-11-20(26-18)15-6-5-7-16(22)12-15/h2-13H,1H3. The first-order valence-electron chi connectivity index (χ1n) is 8.14. The Kier molecular flexibility index (Phi) is 4.31. The summed E-state index contributed by atoms with van der Waals surface area (Å²) in [6.45, 7) is 1.82. The smallest absolute Gasteiger partial charge is 0.280 e. The van der Waals surface area contributed by atoms with Crippen LogP contribution in [0.3, 0.4) is 0 Å². The molecule has 0 saturated carbocycles. The molecule has 0 unspecified atom stereocenters. The van der Waals surface area contributed by atoms with Crippen molar-refractivity contribution in [3.8, 4) is 11.3 Å². The van der Waals surface area contributed by atoms with Gasteiger partial charge in [0.15, 0.2) is 0 Å². The summed E-state index contributed by atoms with van der Waals surface area (Å²) in [7, 11) is 0. The molecular weight excluding hydrogens is 392 g/mol. The Labute approximate surface area is 159 Å². The molecule has 26 heavy (non-hydrogen) atoms. The van der Waals surface area contributed by atoms with Crippen molar-refractivity contribution in [2.24, 2.45) is 5.10 Å². The molecular formula is C21H15BrN2O2. The average molecular weight is 407 g/mol. The fourth-order valence-corrected chi connectivity index (χ4v) is 3.20. The van der Waals surface area contributed by atoms with Crippen molar-refractivity contribution in [2.75, 3.05) is 5.01 Å². The summed E-state index contributed by atoms with van der Waals surface area (Å²) in [5.41, 5.74) is 2.91. The topological polar surface area (TPSA) is 45.8 Å². The summed E-state index contributed by atoms with van der Waals surface area (Å²) in [6, 6.07) is 21.0. The highest BCUT2D eigenvalue weighted by molar-refractivity contribution is 9.10. The van der Waals surface area contributed by atoms with Gasteiger partial charge in [0.25, 0.3) is 5.91 Å². The first kappa shape index (κ1) is 16.5. The number of hydrogen-bond acceptors (Lipinski definition) is 3. The number of rotatable bonds is 3. The lowest BCUT2D eigenvalue weighted by Gasteiger charge is -2.10. The molecule has 0 N–H and O–H groups in total. The van der Waals surface area contributed by atoms with Gasteiger partial charge in [-0.05, 0) is 49.4 Å². The SMILES string of the molecule is CC1=NN(c2ccccc2)C(=O)C1=Cc1ccc(-c2cccc(Br)c2)o1. The molecule has 4 nitrogen and oxygen atoms in total. The van der Waals surface area contributed by atoms with Crippen molar-refractivity contribution in [2.45, 2.75) is 6.92 Å². The third-order valence-corrected chi connectivity index (χ3v) is 4.58. The molecule has 0 saturated heterocycles. The van der Waals surface area contributed by atoms with Crippen molar-refractivity contribution in [3.63, 3.8) is 0 Å². The number of hydrazone groups is 1. The summed E-state index contributed by atoms with van der Waals surface area (Å²) in [4.78, 5) is 12.7. The van der Waals surface area contributed by atoms with E-state index >= 15 is 0 Å². The van der Waals surface area contributed by atoms with E-state index in [0.717, 1.165) is 21.5 Å². The van der Waals surface area contributed by atoms with Crippen LogP contribution in [0, 0.1) is 0 Å². The lowest BCUT2D eigenvalue weighted by molar-refractivity contribution is -0.114. The summed E-state index contributed by atoms with van der Waals surface area (Å²) in [5.74, 6) is 1.21. The highest BCUT2D eigenvalue weighted by Gasteiger charge is 2.28. The number of carbonyl (C=O) groups is 1. The van der Waals surface area contributed by atoms with E-state index in [2.05, 4.69) is 21.0 Å². The zero-order valence-electron chi connectivity index (χ0n) is 14.0. The normalized spacial score (nSPS) is 15.6. The number of anilines is 1. The highest BCUT2D eigenvalue weighted by Crippen LogP contribution is 2.28. The molecule has 1 amide bonds.